The van der Waals surface area contributed by atoms with E-state index in [9.17, 15) is 23.1 Å². The maximum Gasteiger partial charge on any atom is 0.318 e. The Balaban J connectivity index is 1.54. The van der Waals surface area contributed by atoms with Gasteiger partial charge in [0.05, 0.1) is 4.36 Å². The van der Waals surface area contributed by atoms with E-state index in [-0.39, 0.29) is 11.7 Å². The summed E-state index contributed by atoms with van der Waals surface area (Å²) in [6, 6.07) is 4.80. The maximum absolute atomic E-state index is 13.3. The lowest BCUT2D eigenvalue weighted by atomic mass is 10.0. The Bertz CT molecular complexity index is 1110. The van der Waals surface area contributed by atoms with Crippen molar-refractivity contribution in [3.63, 3.8) is 0 Å². The van der Waals surface area contributed by atoms with Crippen molar-refractivity contribution in [2.75, 3.05) is 24.5 Å². The number of hydrogen-bond acceptors (Lipinski definition) is 6. The number of sulfonamides is 1. The zero-order chi connectivity index (χ0) is 23.6. The number of fused-ring (bicyclic) bond motifs is 1. The van der Waals surface area contributed by atoms with Gasteiger partial charge >= 0.3 is 5.97 Å². The predicted octanol–water partition coefficient (Wildman–Crippen LogP) is 2.64. The van der Waals surface area contributed by atoms with Crippen LogP contribution in [0.25, 0.3) is 0 Å². The maximum atomic E-state index is 13.3. The van der Waals surface area contributed by atoms with Crippen molar-refractivity contribution in [1.82, 2.24) is 9.62 Å². The third-order valence-electron chi connectivity index (χ3n) is 6.00. The zero-order valence-corrected chi connectivity index (χ0v) is 20.3. The van der Waals surface area contributed by atoms with Gasteiger partial charge in [0.25, 0.3) is 0 Å². The van der Waals surface area contributed by atoms with E-state index in [1.165, 1.54) is 29.0 Å². The van der Waals surface area contributed by atoms with Crippen LogP contribution in [-0.2, 0) is 32.6 Å². The summed E-state index contributed by atoms with van der Waals surface area (Å²) >= 11 is 7.27. The molecule has 33 heavy (non-hydrogen) atoms. The number of nitrogens with one attached hydrogen (secondary N) is 1. The van der Waals surface area contributed by atoms with Crippen LogP contribution >= 0.6 is 23.4 Å². The fraction of sp³-hybridized carbons (Fsp3) is 0.455. The van der Waals surface area contributed by atoms with Crippen molar-refractivity contribution in [3.05, 3.63) is 51.3 Å². The third-order valence-corrected chi connectivity index (χ3v) is 9.00. The second kappa shape index (κ2) is 10.2. The molecule has 1 unspecified atom stereocenters. The number of carboxylic acid groups (broad SMARTS) is 1. The minimum absolute atomic E-state index is 0.135. The first-order chi connectivity index (χ1) is 15.7. The monoisotopic (exact) mass is 511 g/mol. The molecule has 0 radical (unpaired) electrons. The molecule has 0 saturated carbocycles. The number of rotatable bonds is 7. The molecule has 1 amide bonds. The van der Waals surface area contributed by atoms with Gasteiger partial charge in [0.2, 0.25) is 15.9 Å². The summed E-state index contributed by atoms with van der Waals surface area (Å²) in [7, 11) is -4.13. The quantitative estimate of drug-likeness (QED) is 0.579. The number of allylic oxidation sites excluding steroid dienone is 1. The van der Waals surface area contributed by atoms with Gasteiger partial charge < -0.3 is 15.3 Å². The van der Waals surface area contributed by atoms with E-state index in [1.807, 2.05) is 18.2 Å². The number of nitrogens with zero attached hydrogens (tertiary/aromatic N) is 2. The van der Waals surface area contributed by atoms with Crippen LogP contribution in [0.3, 0.4) is 0 Å². The van der Waals surface area contributed by atoms with Gasteiger partial charge in [-0.2, -0.15) is 4.31 Å². The molecule has 3 aliphatic rings. The van der Waals surface area contributed by atoms with Crippen molar-refractivity contribution in [2.24, 2.45) is 0 Å². The third kappa shape index (κ3) is 5.63. The van der Waals surface area contributed by atoms with Gasteiger partial charge in [-0.3, -0.25) is 9.59 Å². The molecular weight excluding hydrogens is 486 g/mol. The van der Waals surface area contributed by atoms with Gasteiger partial charge in [0, 0.05) is 29.4 Å². The molecule has 3 heterocycles. The first-order valence-corrected chi connectivity index (χ1v) is 13.6. The summed E-state index contributed by atoms with van der Waals surface area (Å²) in [4.78, 5) is 26.3. The van der Waals surface area contributed by atoms with Crippen LogP contribution in [0, 0.1) is 0 Å². The van der Waals surface area contributed by atoms with Crippen molar-refractivity contribution in [1.29, 1.82) is 0 Å². The van der Waals surface area contributed by atoms with Crippen molar-refractivity contribution in [3.8, 4) is 0 Å². The Labute approximate surface area is 202 Å². The molecule has 8 nitrogen and oxygen atoms in total. The van der Waals surface area contributed by atoms with E-state index in [0.29, 0.717) is 17.3 Å². The van der Waals surface area contributed by atoms with Gasteiger partial charge in [0.15, 0.2) is 0 Å². The molecule has 0 aromatic heterocycles. The van der Waals surface area contributed by atoms with Crippen LogP contribution in [0.2, 0.25) is 0 Å². The Morgan fingerprint density at radius 1 is 1.36 bits per heavy atom. The molecular formula is C22H26ClN3O5S2. The summed E-state index contributed by atoms with van der Waals surface area (Å²) in [5.41, 5.74) is 3.08. The summed E-state index contributed by atoms with van der Waals surface area (Å²) < 4.78 is 27.5. The minimum atomic E-state index is -4.13. The molecule has 1 fully saturated rings. The molecule has 2 atom stereocenters. The second-order valence-electron chi connectivity index (χ2n) is 8.24. The van der Waals surface area contributed by atoms with Crippen molar-refractivity contribution in [2.45, 2.75) is 43.5 Å². The lowest BCUT2D eigenvalue weighted by Crippen LogP contribution is -2.47. The van der Waals surface area contributed by atoms with Gasteiger partial charge in [0.1, 0.15) is 12.6 Å². The molecule has 0 spiro atoms. The fourth-order valence-corrected chi connectivity index (χ4v) is 7.09. The molecule has 4 rings (SSSR count). The van der Waals surface area contributed by atoms with E-state index in [4.69, 9.17) is 11.6 Å². The van der Waals surface area contributed by atoms with Crippen LogP contribution in [-0.4, -0.2) is 60.6 Å². The summed E-state index contributed by atoms with van der Waals surface area (Å²) in [5.74, 6) is -1.71. The van der Waals surface area contributed by atoms with Crippen molar-refractivity contribution < 1.29 is 23.1 Å². The van der Waals surface area contributed by atoms with E-state index < -0.39 is 34.5 Å². The fourth-order valence-electron chi connectivity index (χ4n) is 4.34. The smallest absolute Gasteiger partial charge is 0.318 e. The zero-order valence-electron chi connectivity index (χ0n) is 17.9. The number of amides is 1. The van der Waals surface area contributed by atoms with Gasteiger partial charge in [-0.05, 0) is 55.5 Å². The van der Waals surface area contributed by atoms with E-state index in [0.717, 1.165) is 41.3 Å². The molecule has 1 saturated heterocycles. The van der Waals surface area contributed by atoms with Crippen LogP contribution in [0.4, 0.5) is 5.69 Å². The standard InChI is InChI=1S/C22H26ClN3O5S2/c23-20-6-5-18(32-20)8-11-33(30,31)26(14-21(27)28)19-7-10-25(22(19)29)17-4-3-16-13-24-9-1-2-15(16)12-17/h3-4,6,8,11-12,18-19,24H,1-2,5,7,9-10,13-14H2,(H,27,28)/b11-8+/t18?,19-/m0/s1. The molecule has 3 aliphatic heterocycles. The average Bonchev–Trinajstić information content (AvgIpc) is 3.27. The normalized spacial score (nSPS) is 23.8. The van der Waals surface area contributed by atoms with E-state index >= 15 is 0 Å². The molecule has 11 heteroatoms. The lowest BCUT2D eigenvalue weighted by molar-refractivity contribution is -0.137. The highest BCUT2D eigenvalue weighted by molar-refractivity contribution is 8.05. The number of carboxylic acids is 1. The first kappa shape index (κ1) is 24.3. The first-order valence-electron chi connectivity index (χ1n) is 10.8. The largest absolute Gasteiger partial charge is 0.480 e. The number of carbonyl (C=O) groups excluding carboxylic acids is 1. The number of hydrogen-bond donors (Lipinski definition) is 2. The summed E-state index contributed by atoms with van der Waals surface area (Å²) in [6.07, 6.45) is 6.03. The lowest BCUT2D eigenvalue weighted by Gasteiger charge is -2.25. The van der Waals surface area contributed by atoms with Gasteiger partial charge in [-0.25, -0.2) is 8.42 Å². The SMILES string of the molecule is O=C(O)CN([C@H]1CCN(c2ccc3c(c2)CCCNC3)C1=O)S(=O)(=O)/C=C/C1CC=C(Cl)S1. The number of benzene rings is 1. The Morgan fingerprint density at radius 2 is 2.18 bits per heavy atom. The van der Waals surface area contributed by atoms with Gasteiger partial charge in [-0.15, -0.1) is 11.8 Å². The molecule has 178 valence electrons. The van der Waals surface area contributed by atoms with Crippen LogP contribution in [0.5, 0.6) is 0 Å². The summed E-state index contributed by atoms with van der Waals surface area (Å²) in [5, 5.41) is 13.6. The van der Waals surface area contributed by atoms with Crippen LogP contribution in [0.1, 0.15) is 30.4 Å². The van der Waals surface area contributed by atoms with Crippen LogP contribution in [0.15, 0.2) is 40.1 Å². The molecule has 0 bridgehead atoms. The molecule has 1 aromatic rings. The minimum Gasteiger partial charge on any atom is -0.480 e. The van der Waals surface area contributed by atoms with E-state index in [1.54, 1.807) is 11.0 Å². The number of aryl methyl sites for hydroxylation is 1. The number of anilines is 1. The Morgan fingerprint density at radius 3 is 2.91 bits per heavy atom. The topological polar surface area (TPSA) is 107 Å². The Hall–Kier alpha value is -1.85. The number of thioether (sulfide) groups is 1. The number of carbonyl (C=O) groups is 2. The number of aliphatic carboxylic acids is 1. The predicted molar refractivity (Wildman–Crippen MR) is 130 cm³/mol. The molecule has 2 N–H and O–H groups in total. The molecule has 1 aromatic carbocycles. The molecule has 0 aliphatic carbocycles. The highest BCUT2D eigenvalue weighted by Gasteiger charge is 2.42. The second-order valence-corrected chi connectivity index (χ2v) is 11.9. The van der Waals surface area contributed by atoms with Crippen LogP contribution < -0.4 is 10.2 Å². The summed E-state index contributed by atoms with van der Waals surface area (Å²) in [6.45, 7) is 1.27. The van der Waals surface area contributed by atoms with Gasteiger partial charge in [-0.1, -0.05) is 29.8 Å². The Kier molecular flexibility index (Phi) is 7.49. The van der Waals surface area contributed by atoms with Crippen molar-refractivity contribution >= 4 is 50.9 Å². The highest BCUT2D eigenvalue weighted by atomic mass is 35.5. The van der Waals surface area contributed by atoms with E-state index in [2.05, 4.69) is 5.32 Å². The highest BCUT2D eigenvalue weighted by Crippen LogP contribution is 2.36. The average molecular weight is 512 g/mol. The number of halogens is 1.